The van der Waals surface area contributed by atoms with Crippen LogP contribution in [-0.4, -0.2) is 29.3 Å². The van der Waals surface area contributed by atoms with Crippen LogP contribution in [0.2, 0.25) is 0 Å². The van der Waals surface area contributed by atoms with E-state index in [1.54, 1.807) is 6.92 Å². The number of nitrogens with zero attached hydrogens (tertiary/aromatic N) is 1. The van der Waals surface area contributed by atoms with E-state index in [0.29, 0.717) is 19.5 Å². The SMILES string of the molecule is C[C@@H](N)C(=O)NCc1ccccc1CN1CCCC1=O.Cl. The number of hydrogen-bond donors (Lipinski definition) is 2. The Balaban J connectivity index is 0.00000220. The number of amides is 2. The Hall–Kier alpha value is -1.59. The van der Waals surface area contributed by atoms with Crippen molar-refractivity contribution in [2.45, 2.75) is 38.9 Å². The highest BCUT2D eigenvalue weighted by Gasteiger charge is 2.20. The first-order chi connectivity index (χ1) is 9.58. The zero-order valence-electron chi connectivity index (χ0n) is 12.2. The van der Waals surface area contributed by atoms with Gasteiger partial charge in [-0.25, -0.2) is 0 Å². The summed E-state index contributed by atoms with van der Waals surface area (Å²) in [5.74, 6) is 0.0384. The van der Waals surface area contributed by atoms with E-state index in [1.807, 2.05) is 29.2 Å². The number of halogens is 1. The van der Waals surface area contributed by atoms with E-state index >= 15 is 0 Å². The highest BCUT2D eigenvalue weighted by Crippen LogP contribution is 2.17. The van der Waals surface area contributed by atoms with Gasteiger partial charge < -0.3 is 16.0 Å². The predicted molar refractivity (Wildman–Crippen MR) is 83.8 cm³/mol. The first kappa shape index (κ1) is 17.5. The molecule has 1 aromatic rings. The van der Waals surface area contributed by atoms with Gasteiger partial charge in [0.05, 0.1) is 6.04 Å². The Morgan fingerprint density at radius 1 is 1.38 bits per heavy atom. The maximum absolute atomic E-state index is 11.7. The van der Waals surface area contributed by atoms with Crippen LogP contribution in [0.5, 0.6) is 0 Å². The van der Waals surface area contributed by atoms with Gasteiger partial charge in [0.25, 0.3) is 0 Å². The van der Waals surface area contributed by atoms with Crippen LogP contribution in [0.15, 0.2) is 24.3 Å². The van der Waals surface area contributed by atoms with E-state index in [4.69, 9.17) is 5.73 Å². The predicted octanol–water partition coefficient (Wildman–Crippen LogP) is 1.19. The second-order valence-corrected chi connectivity index (χ2v) is 5.19. The fourth-order valence-electron chi connectivity index (χ4n) is 2.30. The second kappa shape index (κ2) is 8.00. The molecule has 0 saturated carbocycles. The lowest BCUT2D eigenvalue weighted by atomic mass is 10.1. The van der Waals surface area contributed by atoms with Crippen molar-refractivity contribution >= 4 is 24.2 Å². The average molecular weight is 312 g/mol. The zero-order chi connectivity index (χ0) is 14.5. The smallest absolute Gasteiger partial charge is 0.236 e. The summed E-state index contributed by atoms with van der Waals surface area (Å²) in [5.41, 5.74) is 7.63. The molecule has 1 fully saturated rings. The number of likely N-dealkylation sites (tertiary alicyclic amines) is 1. The molecule has 21 heavy (non-hydrogen) atoms. The van der Waals surface area contributed by atoms with Crippen molar-refractivity contribution in [3.63, 3.8) is 0 Å². The molecular formula is C15H22ClN3O2. The Labute approximate surface area is 131 Å². The molecule has 1 aliphatic rings. The molecule has 2 rings (SSSR count). The fourth-order valence-corrected chi connectivity index (χ4v) is 2.30. The number of carbonyl (C=O) groups excluding carboxylic acids is 2. The summed E-state index contributed by atoms with van der Waals surface area (Å²) in [6.45, 7) is 3.53. The lowest BCUT2D eigenvalue weighted by molar-refractivity contribution is -0.128. The molecule has 116 valence electrons. The van der Waals surface area contributed by atoms with Crippen LogP contribution in [0.3, 0.4) is 0 Å². The van der Waals surface area contributed by atoms with Crippen LogP contribution < -0.4 is 11.1 Å². The summed E-state index contributed by atoms with van der Waals surface area (Å²) in [7, 11) is 0. The van der Waals surface area contributed by atoms with E-state index in [-0.39, 0.29) is 24.2 Å². The van der Waals surface area contributed by atoms with Crippen molar-refractivity contribution < 1.29 is 9.59 Å². The van der Waals surface area contributed by atoms with Crippen LogP contribution >= 0.6 is 12.4 Å². The van der Waals surface area contributed by atoms with Crippen LogP contribution in [0.1, 0.15) is 30.9 Å². The quantitative estimate of drug-likeness (QED) is 0.858. The zero-order valence-corrected chi connectivity index (χ0v) is 13.0. The van der Waals surface area contributed by atoms with E-state index in [2.05, 4.69) is 5.32 Å². The second-order valence-electron chi connectivity index (χ2n) is 5.19. The Morgan fingerprint density at radius 2 is 2.05 bits per heavy atom. The topological polar surface area (TPSA) is 75.4 Å². The van der Waals surface area contributed by atoms with E-state index in [9.17, 15) is 9.59 Å². The third-order valence-electron chi connectivity index (χ3n) is 3.52. The van der Waals surface area contributed by atoms with Gasteiger partial charge in [-0.3, -0.25) is 9.59 Å². The van der Waals surface area contributed by atoms with E-state index in [0.717, 1.165) is 24.1 Å². The maximum Gasteiger partial charge on any atom is 0.236 e. The number of nitrogens with two attached hydrogens (primary N) is 1. The van der Waals surface area contributed by atoms with Crippen LogP contribution in [-0.2, 0) is 22.7 Å². The summed E-state index contributed by atoms with van der Waals surface area (Å²) >= 11 is 0. The van der Waals surface area contributed by atoms with Crippen molar-refractivity contribution in [3.8, 4) is 0 Å². The van der Waals surface area contributed by atoms with Gasteiger partial charge in [-0.15, -0.1) is 12.4 Å². The molecule has 3 N–H and O–H groups in total. The summed E-state index contributed by atoms with van der Waals surface area (Å²) in [6.07, 6.45) is 1.58. The largest absolute Gasteiger partial charge is 0.351 e. The molecule has 5 nitrogen and oxygen atoms in total. The van der Waals surface area contributed by atoms with Crippen molar-refractivity contribution in [1.82, 2.24) is 10.2 Å². The lowest BCUT2D eigenvalue weighted by Gasteiger charge is -2.18. The summed E-state index contributed by atoms with van der Waals surface area (Å²) in [4.78, 5) is 25.1. The molecule has 1 aliphatic heterocycles. The van der Waals surface area contributed by atoms with Crippen LogP contribution in [0.4, 0.5) is 0 Å². The number of carbonyl (C=O) groups is 2. The van der Waals surface area contributed by atoms with Crippen molar-refractivity contribution in [2.24, 2.45) is 5.73 Å². The normalized spacial score (nSPS) is 15.5. The molecule has 0 bridgehead atoms. The molecule has 0 aliphatic carbocycles. The molecule has 6 heteroatoms. The van der Waals surface area contributed by atoms with Crippen LogP contribution in [0.25, 0.3) is 0 Å². The number of benzene rings is 1. The Kier molecular flexibility index (Phi) is 6.65. The highest BCUT2D eigenvalue weighted by atomic mass is 35.5. The average Bonchev–Trinajstić information content (AvgIpc) is 2.83. The first-order valence-electron chi connectivity index (χ1n) is 6.96. The van der Waals surface area contributed by atoms with Gasteiger partial charge in [-0.2, -0.15) is 0 Å². The summed E-state index contributed by atoms with van der Waals surface area (Å²) < 4.78 is 0. The van der Waals surface area contributed by atoms with Gasteiger partial charge in [0, 0.05) is 26.1 Å². The fraction of sp³-hybridized carbons (Fsp3) is 0.467. The molecule has 0 unspecified atom stereocenters. The van der Waals surface area contributed by atoms with Gasteiger partial charge in [-0.1, -0.05) is 24.3 Å². The van der Waals surface area contributed by atoms with E-state index < -0.39 is 6.04 Å². The summed E-state index contributed by atoms with van der Waals surface area (Å²) in [6, 6.07) is 7.34. The van der Waals surface area contributed by atoms with Gasteiger partial charge >= 0.3 is 0 Å². The lowest BCUT2D eigenvalue weighted by Crippen LogP contribution is -2.38. The van der Waals surface area contributed by atoms with Gasteiger partial charge in [0.2, 0.25) is 11.8 Å². The Morgan fingerprint density at radius 3 is 2.62 bits per heavy atom. The molecule has 0 spiro atoms. The van der Waals surface area contributed by atoms with Crippen molar-refractivity contribution in [3.05, 3.63) is 35.4 Å². The first-order valence-corrected chi connectivity index (χ1v) is 6.96. The Bertz CT molecular complexity index is 505. The van der Waals surface area contributed by atoms with Crippen LogP contribution in [0, 0.1) is 0 Å². The summed E-state index contributed by atoms with van der Waals surface area (Å²) in [5, 5.41) is 2.81. The minimum absolute atomic E-state index is 0. The minimum atomic E-state index is -0.512. The van der Waals surface area contributed by atoms with Gasteiger partial charge in [-0.05, 0) is 24.5 Å². The standard InChI is InChI=1S/C15H21N3O2.ClH/c1-11(16)15(20)17-9-12-5-2-3-6-13(12)10-18-8-4-7-14(18)19;/h2-3,5-6,11H,4,7-10,16H2,1H3,(H,17,20);1H/t11-;/m1./s1. The van der Waals surface area contributed by atoms with Gasteiger partial charge in [0.15, 0.2) is 0 Å². The molecule has 0 aromatic heterocycles. The molecule has 1 heterocycles. The van der Waals surface area contributed by atoms with E-state index in [1.165, 1.54) is 0 Å². The molecule has 0 radical (unpaired) electrons. The van der Waals surface area contributed by atoms with Gasteiger partial charge in [0.1, 0.15) is 0 Å². The number of hydrogen-bond acceptors (Lipinski definition) is 3. The number of rotatable bonds is 5. The molecule has 1 aromatic carbocycles. The number of nitrogens with one attached hydrogen (secondary N) is 1. The minimum Gasteiger partial charge on any atom is -0.351 e. The van der Waals surface area contributed by atoms with Crippen molar-refractivity contribution in [1.29, 1.82) is 0 Å². The van der Waals surface area contributed by atoms with Crippen molar-refractivity contribution in [2.75, 3.05) is 6.54 Å². The monoisotopic (exact) mass is 311 g/mol. The third kappa shape index (κ3) is 4.72. The third-order valence-corrected chi connectivity index (χ3v) is 3.52. The maximum atomic E-state index is 11.7. The molecule has 2 amide bonds. The highest BCUT2D eigenvalue weighted by molar-refractivity contribution is 5.85. The molecule has 1 atom stereocenters. The molecular weight excluding hydrogens is 290 g/mol. The molecule has 1 saturated heterocycles.